The fourth-order valence-corrected chi connectivity index (χ4v) is 2.36. The number of hydrogen-bond donors (Lipinski definition) is 0. The van der Waals surface area contributed by atoms with E-state index in [9.17, 15) is 9.59 Å². The van der Waals surface area contributed by atoms with Gasteiger partial charge in [-0.3, -0.25) is 9.48 Å². The molecule has 0 saturated heterocycles. The summed E-state index contributed by atoms with van der Waals surface area (Å²) in [4.78, 5) is 24.2. The van der Waals surface area contributed by atoms with Crippen molar-refractivity contribution in [3.8, 4) is 0 Å². The second-order valence-electron chi connectivity index (χ2n) is 6.80. The molecule has 0 N–H and O–H groups in total. The number of Topliss-reactive ketones (excluding diaryl/α,β-unsaturated/α-hetero) is 1. The summed E-state index contributed by atoms with van der Waals surface area (Å²) in [6, 6.07) is 9.27. The first kappa shape index (κ1) is 17.9. The number of carbonyl (C=O) groups is 2. The number of rotatable bonds is 5. The van der Waals surface area contributed by atoms with Gasteiger partial charge in [0.1, 0.15) is 6.54 Å². The molecule has 2 rings (SSSR count). The summed E-state index contributed by atoms with van der Waals surface area (Å²) < 4.78 is 6.47. The van der Waals surface area contributed by atoms with Crippen LogP contribution in [0.15, 0.2) is 30.3 Å². The largest absolute Gasteiger partial charge is 0.461 e. The Morgan fingerprint density at radius 1 is 1.17 bits per heavy atom. The monoisotopic (exact) mass is 328 g/mol. The average molecular weight is 328 g/mol. The fraction of sp³-hybridized carbons (Fsp3) is 0.421. The van der Waals surface area contributed by atoms with Crippen LogP contribution in [0.2, 0.25) is 0 Å². The van der Waals surface area contributed by atoms with Crippen LogP contribution < -0.4 is 0 Å². The smallest absolute Gasteiger partial charge is 0.358 e. The number of aromatic nitrogens is 2. The lowest BCUT2D eigenvalue weighted by atomic mass is 9.86. The van der Waals surface area contributed by atoms with Gasteiger partial charge in [0.25, 0.3) is 0 Å². The van der Waals surface area contributed by atoms with Crippen molar-refractivity contribution in [2.45, 2.75) is 46.6 Å². The number of carbonyl (C=O) groups excluding carboxylic acids is 2. The van der Waals surface area contributed by atoms with Gasteiger partial charge in [-0.2, -0.15) is 5.10 Å². The van der Waals surface area contributed by atoms with Crippen LogP contribution in [0.4, 0.5) is 0 Å². The Kier molecular flexibility index (Phi) is 5.22. The van der Waals surface area contributed by atoms with Gasteiger partial charge < -0.3 is 4.74 Å². The van der Waals surface area contributed by atoms with E-state index in [2.05, 4.69) is 25.9 Å². The van der Waals surface area contributed by atoms with Gasteiger partial charge in [-0.25, -0.2) is 4.79 Å². The van der Waals surface area contributed by atoms with Gasteiger partial charge in [0.2, 0.25) is 0 Å². The molecule has 0 atom stereocenters. The number of benzene rings is 1. The fourth-order valence-electron chi connectivity index (χ4n) is 2.36. The zero-order valence-corrected chi connectivity index (χ0v) is 14.9. The minimum atomic E-state index is -0.471. The van der Waals surface area contributed by atoms with Gasteiger partial charge in [0.15, 0.2) is 11.5 Å². The third kappa shape index (κ3) is 4.10. The topological polar surface area (TPSA) is 61.2 Å². The van der Waals surface area contributed by atoms with Crippen LogP contribution in [0, 0.1) is 6.92 Å². The number of aryl methyl sites for hydroxylation is 1. The molecule has 0 fully saturated rings. The van der Waals surface area contributed by atoms with Crippen molar-refractivity contribution in [3.63, 3.8) is 0 Å². The number of esters is 1. The van der Waals surface area contributed by atoms with Gasteiger partial charge in [-0.05, 0) is 30.9 Å². The van der Waals surface area contributed by atoms with Gasteiger partial charge >= 0.3 is 5.97 Å². The van der Waals surface area contributed by atoms with E-state index in [0.29, 0.717) is 12.2 Å². The van der Waals surface area contributed by atoms with Crippen molar-refractivity contribution in [3.05, 3.63) is 52.8 Å². The molecule has 5 heteroatoms. The van der Waals surface area contributed by atoms with E-state index in [1.807, 2.05) is 31.2 Å². The number of ether oxygens (including phenoxy) is 1. The summed E-state index contributed by atoms with van der Waals surface area (Å²) in [5.41, 5.74) is 2.84. The number of nitrogens with zero attached hydrogens (tertiary/aromatic N) is 2. The molecule has 128 valence electrons. The first-order valence-electron chi connectivity index (χ1n) is 8.07. The number of hydrogen-bond acceptors (Lipinski definition) is 4. The number of ketones is 1. The van der Waals surface area contributed by atoms with Gasteiger partial charge in [0, 0.05) is 11.3 Å². The summed E-state index contributed by atoms with van der Waals surface area (Å²) >= 11 is 0. The van der Waals surface area contributed by atoms with Crippen LogP contribution in [0.25, 0.3) is 0 Å². The van der Waals surface area contributed by atoms with Crippen molar-refractivity contribution in [1.82, 2.24) is 9.78 Å². The summed E-state index contributed by atoms with van der Waals surface area (Å²) in [5.74, 6) is -0.515. The van der Waals surface area contributed by atoms with Crippen molar-refractivity contribution in [2.75, 3.05) is 6.61 Å². The lowest BCUT2D eigenvalue weighted by Crippen LogP contribution is -2.15. The van der Waals surface area contributed by atoms with Crippen LogP contribution >= 0.6 is 0 Å². The normalized spacial score (nSPS) is 11.4. The van der Waals surface area contributed by atoms with E-state index in [4.69, 9.17) is 4.74 Å². The molecule has 1 aromatic carbocycles. The molecule has 0 bridgehead atoms. The van der Waals surface area contributed by atoms with Crippen molar-refractivity contribution >= 4 is 11.8 Å². The lowest BCUT2D eigenvalue weighted by molar-refractivity contribution is 0.0517. The molecule has 5 nitrogen and oxygen atoms in total. The van der Waals surface area contributed by atoms with Crippen LogP contribution in [0.1, 0.15) is 59.8 Å². The third-order valence-electron chi connectivity index (χ3n) is 3.83. The van der Waals surface area contributed by atoms with E-state index >= 15 is 0 Å². The molecule has 0 spiro atoms. The van der Waals surface area contributed by atoms with Crippen molar-refractivity contribution in [1.29, 1.82) is 0 Å². The third-order valence-corrected chi connectivity index (χ3v) is 3.83. The van der Waals surface area contributed by atoms with Gasteiger partial charge in [0.05, 0.1) is 6.61 Å². The zero-order chi connectivity index (χ0) is 17.9. The van der Waals surface area contributed by atoms with Crippen LogP contribution in [0.5, 0.6) is 0 Å². The highest BCUT2D eigenvalue weighted by atomic mass is 16.5. The predicted molar refractivity (Wildman–Crippen MR) is 92.4 cm³/mol. The standard InChI is InChI=1S/C19H24N2O3/c1-6-24-18(23)16-11-13(2)21(20-16)12-17(22)14-7-9-15(10-8-14)19(3,4)5/h7-11H,6,12H2,1-5H3. The predicted octanol–water partition coefficient (Wildman–Crippen LogP) is 3.55. The van der Waals surface area contributed by atoms with E-state index in [1.165, 1.54) is 10.2 Å². The Balaban J connectivity index is 2.14. The SMILES string of the molecule is CCOC(=O)c1cc(C)n(CC(=O)c2ccc(C(C)(C)C)cc2)n1. The summed E-state index contributed by atoms with van der Waals surface area (Å²) in [5, 5.41) is 4.17. The Hall–Kier alpha value is -2.43. The quantitative estimate of drug-likeness (QED) is 0.622. The van der Waals surface area contributed by atoms with E-state index in [0.717, 1.165) is 5.69 Å². The molecule has 0 aliphatic rings. The van der Waals surface area contributed by atoms with E-state index < -0.39 is 5.97 Å². The van der Waals surface area contributed by atoms with Crippen molar-refractivity contribution in [2.24, 2.45) is 0 Å². The molecular weight excluding hydrogens is 304 g/mol. The summed E-state index contributed by atoms with van der Waals surface area (Å²) in [6.45, 7) is 10.3. The molecule has 0 aliphatic carbocycles. The Bertz CT molecular complexity index is 737. The highest BCUT2D eigenvalue weighted by Gasteiger charge is 2.17. The maximum Gasteiger partial charge on any atom is 0.358 e. The Labute approximate surface area is 142 Å². The zero-order valence-electron chi connectivity index (χ0n) is 14.9. The first-order chi connectivity index (χ1) is 11.2. The molecule has 2 aromatic rings. The second-order valence-corrected chi connectivity index (χ2v) is 6.80. The minimum Gasteiger partial charge on any atom is -0.461 e. The molecule has 1 aromatic heterocycles. The molecule has 1 heterocycles. The maximum absolute atomic E-state index is 12.5. The molecule has 0 amide bonds. The van der Waals surface area contributed by atoms with E-state index in [1.54, 1.807) is 13.0 Å². The molecule has 0 aliphatic heterocycles. The summed E-state index contributed by atoms with van der Waals surface area (Å²) in [7, 11) is 0. The van der Waals surface area contributed by atoms with E-state index in [-0.39, 0.29) is 23.4 Å². The molecule has 24 heavy (non-hydrogen) atoms. The minimum absolute atomic E-state index is 0.0444. The highest BCUT2D eigenvalue weighted by Crippen LogP contribution is 2.22. The second kappa shape index (κ2) is 6.99. The van der Waals surface area contributed by atoms with Crippen molar-refractivity contribution < 1.29 is 14.3 Å². The Morgan fingerprint density at radius 3 is 2.33 bits per heavy atom. The first-order valence-corrected chi connectivity index (χ1v) is 8.07. The van der Waals surface area contributed by atoms with Crippen LogP contribution in [-0.4, -0.2) is 28.1 Å². The van der Waals surface area contributed by atoms with Crippen LogP contribution in [0.3, 0.4) is 0 Å². The highest BCUT2D eigenvalue weighted by molar-refractivity contribution is 5.96. The van der Waals surface area contributed by atoms with Gasteiger partial charge in [-0.1, -0.05) is 45.0 Å². The average Bonchev–Trinajstić information content (AvgIpc) is 2.88. The summed E-state index contributed by atoms with van der Waals surface area (Å²) in [6.07, 6.45) is 0. The van der Waals surface area contributed by atoms with Gasteiger partial charge in [-0.15, -0.1) is 0 Å². The lowest BCUT2D eigenvalue weighted by Gasteiger charge is -2.19. The molecule has 0 radical (unpaired) electrons. The molecule has 0 saturated carbocycles. The molecule has 0 unspecified atom stereocenters. The Morgan fingerprint density at radius 2 is 1.79 bits per heavy atom. The molecular formula is C19H24N2O3. The maximum atomic E-state index is 12.5. The van der Waals surface area contributed by atoms with Crippen LogP contribution in [-0.2, 0) is 16.7 Å².